The second-order valence-electron chi connectivity index (χ2n) is 5.42. The Morgan fingerprint density at radius 2 is 1.41 bits per heavy atom. The summed E-state index contributed by atoms with van der Waals surface area (Å²) in [6, 6.07) is 0. The molecule has 0 aromatic rings. The third-order valence-corrected chi connectivity index (χ3v) is 4.04. The lowest BCUT2D eigenvalue weighted by molar-refractivity contribution is -0.160. The van der Waals surface area contributed by atoms with Crippen molar-refractivity contribution in [1.82, 2.24) is 0 Å². The van der Waals surface area contributed by atoms with Gasteiger partial charge in [0.15, 0.2) is 6.10 Å². The molecule has 0 fully saturated rings. The van der Waals surface area contributed by atoms with Gasteiger partial charge < -0.3 is 23.8 Å². The van der Waals surface area contributed by atoms with E-state index in [1.54, 1.807) is 13.8 Å². The first-order valence-electron chi connectivity index (χ1n) is 8.85. The van der Waals surface area contributed by atoms with E-state index in [0.717, 1.165) is 0 Å². The van der Waals surface area contributed by atoms with Crippen molar-refractivity contribution < 1.29 is 51.8 Å². The fraction of sp³-hybridized carbons (Fsp3) is 0.850. The Hall–Kier alpha value is -1.52. The number of phosphoric acid groups is 1. The Labute approximate surface area is 193 Å². The molecule has 0 radical (unpaired) electrons. The molecule has 0 aliphatic heterocycles. The van der Waals surface area contributed by atoms with Crippen molar-refractivity contribution >= 4 is 25.7 Å². The molecule has 0 aromatic carbocycles. The van der Waals surface area contributed by atoms with Crippen molar-refractivity contribution in [3.63, 3.8) is 0 Å². The average molecular weight is 493 g/mol. The summed E-state index contributed by atoms with van der Waals surface area (Å²) in [4.78, 5) is 43.6. The van der Waals surface area contributed by atoms with Crippen molar-refractivity contribution in [2.45, 2.75) is 75.3 Å². The van der Waals surface area contributed by atoms with Crippen LogP contribution in [0, 0.1) is 0 Å². The minimum Gasteiger partial charge on any atom is -0.463 e. The van der Waals surface area contributed by atoms with Gasteiger partial charge in [-0.15, -0.1) is 0 Å². The molecule has 12 heteroatoms. The van der Waals surface area contributed by atoms with Crippen LogP contribution in [-0.4, -0.2) is 69.0 Å². The first kappa shape index (κ1) is 40.8. The van der Waals surface area contributed by atoms with Gasteiger partial charge in [-0.25, -0.2) is 4.57 Å². The number of carbonyl (C=O) groups is 3. The zero-order chi connectivity index (χ0) is 21.4. The minimum absolute atomic E-state index is 0. The molecule has 0 saturated carbocycles. The van der Waals surface area contributed by atoms with Crippen molar-refractivity contribution in [2.24, 2.45) is 0 Å². The van der Waals surface area contributed by atoms with E-state index in [9.17, 15) is 23.8 Å². The van der Waals surface area contributed by atoms with Gasteiger partial charge in [-0.1, -0.05) is 43.6 Å². The first-order valence-corrected chi connectivity index (χ1v) is 10.3. The van der Waals surface area contributed by atoms with Crippen LogP contribution < -0.4 is 0 Å². The van der Waals surface area contributed by atoms with Crippen LogP contribution >= 0.6 is 7.82 Å². The fourth-order valence-electron chi connectivity index (χ4n) is 1.60. The van der Waals surface area contributed by atoms with Gasteiger partial charge in [0.1, 0.15) is 13.2 Å². The van der Waals surface area contributed by atoms with Gasteiger partial charge in [0, 0.05) is 26.4 Å². The van der Waals surface area contributed by atoms with Gasteiger partial charge in [-0.2, -0.15) is 0 Å². The highest BCUT2D eigenvalue weighted by Gasteiger charge is 2.25. The lowest BCUT2D eigenvalue weighted by Crippen LogP contribution is -2.29. The molecule has 11 nitrogen and oxygen atoms in total. The van der Waals surface area contributed by atoms with E-state index in [-0.39, 0.29) is 81.8 Å². The number of phosphoric ester groups is 1. The number of methoxy groups -OCH3 is 1. The SMILES string of the molecule is C.C.C.C.CCC(=O)OCC(COP(=O)(O)OCCCC(=O)OCCOC)OC(=O)CC. The molecule has 32 heavy (non-hydrogen) atoms. The van der Waals surface area contributed by atoms with Crippen molar-refractivity contribution in [2.75, 3.05) is 40.1 Å². The first-order chi connectivity index (χ1) is 13.2. The summed E-state index contributed by atoms with van der Waals surface area (Å²) in [6.45, 7) is 2.52. The molecule has 0 saturated heterocycles. The number of hydrogen-bond donors (Lipinski definition) is 1. The van der Waals surface area contributed by atoms with Gasteiger partial charge in [-0.05, 0) is 6.42 Å². The molecule has 2 atom stereocenters. The maximum Gasteiger partial charge on any atom is 0.472 e. The molecule has 1 N–H and O–H groups in total. The Balaban J connectivity index is -0.000000607. The maximum atomic E-state index is 11.9. The molecule has 0 bridgehead atoms. The second-order valence-corrected chi connectivity index (χ2v) is 6.87. The Kier molecular flexibility index (Phi) is 30.8. The Morgan fingerprint density at radius 1 is 0.812 bits per heavy atom. The summed E-state index contributed by atoms with van der Waals surface area (Å²) < 4.78 is 40.8. The predicted octanol–water partition coefficient (Wildman–Crippen LogP) is 3.91. The average Bonchev–Trinajstić information content (AvgIpc) is 2.67. The third-order valence-electron chi connectivity index (χ3n) is 3.06. The van der Waals surface area contributed by atoms with E-state index >= 15 is 0 Å². The van der Waals surface area contributed by atoms with Crippen molar-refractivity contribution in [3.05, 3.63) is 0 Å². The van der Waals surface area contributed by atoms with Gasteiger partial charge in [0.25, 0.3) is 0 Å². The van der Waals surface area contributed by atoms with E-state index in [4.69, 9.17) is 28.0 Å². The monoisotopic (exact) mass is 492 g/mol. The fourth-order valence-corrected chi connectivity index (χ4v) is 2.38. The summed E-state index contributed by atoms with van der Waals surface area (Å²) in [6.07, 6.45) is -0.713. The summed E-state index contributed by atoms with van der Waals surface area (Å²) in [7, 11) is -2.97. The molecule has 0 aliphatic carbocycles. The highest BCUT2D eigenvalue weighted by atomic mass is 31.2. The normalized spacial score (nSPS) is 12.2. The smallest absolute Gasteiger partial charge is 0.463 e. The number of esters is 3. The van der Waals surface area contributed by atoms with Crippen LogP contribution in [0.5, 0.6) is 0 Å². The van der Waals surface area contributed by atoms with Crippen LogP contribution in [0.3, 0.4) is 0 Å². The Bertz CT molecular complexity index is 526. The highest BCUT2D eigenvalue weighted by molar-refractivity contribution is 7.47. The number of carbonyl (C=O) groups excluding carboxylic acids is 3. The molecular formula is C20H45O11P. The molecule has 2 unspecified atom stereocenters. The standard InChI is InChI=1S/C16H29O11P.4CH4/c1-4-14(17)24-11-13(27-15(18)5-2)12-26-28(20,21)25-8-6-7-16(19)23-10-9-22-3;;;;/h13H,4-12H2,1-3H3,(H,20,21);4*1H4. The Morgan fingerprint density at radius 3 is 1.94 bits per heavy atom. The number of hydrogen-bond acceptors (Lipinski definition) is 10. The quantitative estimate of drug-likeness (QED) is 0.145. The molecule has 0 aromatic heterocycles. The molecule has 196 valence electrons. The molecule has 0 aliphatic rings. The van der Waals surface area contributed by atoms with Crippen molar-refractivity contribution in [3.8, 4) is 0 Å². The van der Waals surface area contributed by atoms with E-state index in [0.29, 0.717) is 0 Å². The number of ether oxygens (including phenoxy) is 4. The summed E-state index contributed by atoms with van der Waals surface area (Å²) in [5.74, 6) is -1.58. The summed E-state index contributed by atoms with van der Waals surface area (Å²) in [5.41, 5.74) is 0. The molecule has 0 spiro atoms. The van der Waals surface area contributed by atoms with Crippen LogP contribution in [0.2, 0.25) is 0 Å². The number of rotatable bonds is 16. The van der Waals surface area contributed by atoms with E-state index in [1.807, 2.05) is 0 Å². The van der Waals surface area contributed by atoms with Crippen LogP contribution in [0.1, 0.15) is 69.2 Å². The lowest BCUT2D eigenvalue weighted by Gasteiger charge is -2.19. The maximum absolute atomic E-state index is 11.9. The van der Waals surface area contributed by atoms with E-state index in [1.165, 1.54) is 7.11 Å². The lowest BCUT2D eigenvalue weighted by atomic mass is 10.3. The topological polar surface area (TPSA) is 144 Å². The summed E-state index contributed by atoms with van der Waals surface area (Å²) in [5, 5.41) is 0. The van der Waals surface area contributed by atoms with Gasteiger partial charge >= 0.3 is 25.7 Å². The minimum atomic E-state index is -4.44. The largest absolute Gasteiger partial charge is 0.472 e. The van der Waals surface area contributed by atoms with Crippen LogP contribution in [-0.2, 0) is 46.9 Å². The third kappa shape index (κ3) is 23.1. The zero-order valence-corrected chi connectivity index (χ0v) is 17.3. The molecule has 0 heterocycles. The van der Waals surface area contributed by atoms with Gasteiger partial charge in [-0.3, -0.25) is 23.4 Å². The van der Waals surface area contributed by atoms with Gasteiger partial charge in [0.05, 0.1) is 19.8 Å². The van der Waals surface area contributed by atoms with Crippen LogP contribution in [0.15, 0.2) is 0 Å². The molecule has 0 amide bonds. The van der Waals surface area contributed by atoms with Crippen LogP contribution in [0.4, 0.5) is 0 Å². The second kappa shape index (κ2) is 24.1. The van der Waals surface area contributed by atoms with Gasteiger partial charge in [0.2, 0.25) is 0 Å². The van der Waals surface area contributed by atoms with E-state index in [2.05, 4.69) is 0 Å². The van der Waals surface area contributed by atoms with Crippen LogP contribution in [0.25, 0.3) is 0 Å². The van der Waals surface area contributed by atoms with Crippen molar-refractivity contribution in [1.29, 1.82) is 0 Å². The summed E-state index contributed by atoms with van der Waals surface area (Å²) >= 11 is 0. The molecule has 0 rings (SSSR count). The highest BCUT2D eigenvalue weighted by Crippen LogP contribution is 2.43. The van der Waals surface area contributed by atoms with E-state index < -0.39 is 38.4 Å². The zero-order valence-electron chi connectivity index (χ0n) is 16.4. The predicted molar refractivity (Wildman–Crippen MR) is 122 cm³/mol. The molecular weight excluding hydrogens is 447 g/mol.